The third kappa shape index (κ3) is 7.31. The number of sulfone groups is 1. The molecule has 1 aliphatic heterocycles. The Kier molecular flexibility index (Phi) is 6.94. The van der Waals surface area contributed by atoms with Crippen LogP contribution in [0.2, 0.25) is 0 Å². The Morgan fingerprint density at radius 1 is 1.29 bits per heavy atom. The quantitative estimate of drug-likeness (QED) is 0.771. The number of hydrogen-bond donors (Lipinski definition) is 1. The molecule has 0 unspecified atom stereocenters. The van der Waals surface area contributed by atoms with Crippen LogP contribution < -0.4 is 5.32 Å². The minimum atomic E-state index is -3.01. The molecule has 0 aromatic rings. The van der Waals surface area contributed by atoms with Crippen LogP contribution in [0.5, 0.6) is 0 Å². The highest BCUT2D eigenvalue weighted by molar-refractivity contribution is 7.90. The predicted octanol–water partition coefficient (Wildman–Crippen LogP) is 0.548. The van der Waals surface area contributed by atoms with E-state index in [1.54, 1.807) is 11.8 Å². The van der Waals surface area contributed by atoms with Gasteiger partial charge in [0, 0.05) is 31.8 Å². The van der Waals surface area contributed by atoms with Crippen molar-refractivity contribution in [2.24, 2.45) is 0 Å². The molecule has 0 saturated carbocycles. The molecule has 0 spiro atoms. The summed E-state index contributed by atoms with van der Waals surface area (Å²) in [4.78, 5) is 24.9. The lowest BCUT2D eigenvalue weighted by atomic mass is 10.1. The van der Waals surface area contributed by atoms with Crippen molar-refractivity contribution >= 4 is 21.8 Å². The van der Waals surface area contributed by atoms with Gasteiger partial charge in [0.2, 0.25) is 5.91 Å². The van der Waals surface area contributed by atoms with Crippen molar-refractivity contribution in [3.8, 4) is 0 Å². The van der Waals surface area contributed by atoms with Crippen LogP contribution in [0.15, 0.2) is 0 Å². The lowest BCUT2D eigenvalue weighted by molar-refractivity contribution is -0.122. The molecular weight excluding hydrogens is 296 g/mol. The van der Waals surface area contributed by atoms with E-state index >= 15 is 0 Å². The van der Waals surface area contributed by atoms with Gasteiger partial charge in [0.05, 0.1) is 12.4 Å². The van der Waals surface area contributed by atoms with Crippen molar-refractivity contribution in [1.29, 1.82) is 0 Å². The number of hydrogen-bond acceptors (Lipinski definition) is 5. The normalized spacial score (nSPS) is 16.6. The smallest absolute Gasteiger partial charge is 0.409 e. The summed E-state index contributed by atoms with van der Waals surface area (Å²) in [5, 5.41) is 2.88. The molecular formula is C13H24N2O5S. The molecule has 0 radical (unpaired) electrons. The molecule has 0 aromatic heterocycles. The van der Waals surface area contributed by atoms with E-state index in [9.17, 15) is 18.0 Å². The number of piperidine rings is 1. The van der Waals surface area contributed by atoms with Crippen molar-refractivity contribution in [3.63, 3.8) is 0 Å². The van der Waals surface area contributed by atoms with E-state index in [1.807, 2.05) is 0 Å². The largest absolute Gasteiger partial charge is 0.450 e. The fourth-order valence-electron chi connectivity index (χ4n) is 2.22. The number of rotatable bonds is 6. The van der Waals surface area contributed by atoms with Crippen LogP contribution in [-0.4, -0.2) is 63.1 Å². The first-order valence-corrected chi connectivity index (χ1v) is 9.26. The summed E-state index contributed by atoms with van der Waals surface area (Å²) in [6.45, 7) is 3.25. The number of carbonyl (C=O) groups is 2. The second-order valence-corrected chi connectivity index (χ2v) is 7.52. The zero-order valence-corrected chi connectivity index (χ0v) is 13.4. The summed E-state index contributed by atoms with van der Waals surface area (Å²) in [6, 6.07) is 0.0430. The highest BCUT2D eigenvalue weighted by Crippen LogP contribution is 2.11. The summed E-state index contributed by atoms with van der Waals surface area (Å²) in [5.74, 6) is -0.102. The number of ether oxygens (including phenoxy) is 1. The standard InChI is InChI=1S/C13H24N2O5S/c1-3-20-13(17)15-8-6-11(7-9-15)14-12(16)5-4-10-21(2,18)19/h11H,3-10H2,1-2H3,(H,14,16). The molecule has 21 heavy (non-hydrogen) atoms. The zero-order valence-electron chi connectivity index (χ0n) is 12.6. The van der Waals surface area contributed by atoms with Gasteiger partial charge in [-0.25, -0.2) is 13.2 Å². The molecule has 8 heteroatoms. The van der Waals surface area contributed by atoms with Crippen LogP contribution in [-0.2, 0) is 19.4 Å². The van der Waals surface area contributed by atoms with E-state index < -0.39 is 9.84 Å². The van der Waals surface area contributed by atoms with Gasteiger partial charge < -0.3 is 15.0 Å². The average molecular weight is 320 g/mol. The van der Waals surface area contributed by atoms with Gasteiger partial charge in [0.1, 0.15) is 9.84 Å². The molecule has 1 aliphatic rings. The van der Waals surface area contributed by atoms with Crippen molar-refractivity contribution in [2.75, 3.05) is 31.7 Å². The summed E-state index contributed by atoms with van der Waals surface area (Å²) in [6.07, 6.45) is 2.79. The third-order valence-electron chi connectivity index (χ3n) is 3.31. The van der Waals surface area contributed by atoms with Crippen LogP contribution in [0.3, 0.4) is 0 Å². The minimum Gasteiger partial charge on any atom is -0.450 e. The van der Waals surface area contributed by atoms with E-state index in [0.717, 1.165) is 6.26 Å². The highest BCUT2D eigenvalue weighted by Gasteiger charge is 2.24. The second kappa shape index (κ2) is 8.21. The summed E-state index contributed by atoms with van der Waals surface area (Å²) in [5.41, 5.74) is 0. The molecule has 1 N–H and O–H groups in total. The first-order chi connectivity index (χ1) is 9.81. The van der Waals surface area contributed by atoms with Crippen LogP contribution in [0.25, 0.3) is 0 Å². The monoisotopic (exact) mass is 320 g/mol. The molecule has 0 atom stereocenters. The molecule has 1 saturated heterocycles. The minimum absolute atomic E-state index is 0.0295. The van der Waals surface area contributed by atoms with E-state index in [4.69, 9.17) is 4.74 Å². The Labute approximate surface area is 125 Å². The Morgan fingerprint density at radius 2 is 1.90 bits per heavy atom. The fourth-order valence-corrected chi connectivity index (χ4v) is 2.88. The van der Waals surface area contributed by atoms with E-state index in [2.05, 4.69) is 5.32 Å². The Bertz CT molecular complexity index is 455. The summed E-state index contributed by atoms with van der Waals surface area (Å²) in [7, 11) is -3.01. The molecule has 1 rings (SSSR count). The maximum absolute atomic E-state index is 11.7. The van der Waals surface area contributed by atoms with Crippen molar-refractivity contribution in [2.45, 2.75) is 38.6 Å². The summed E-state index contributed by atoms with van der Waals surface area (Å²) < 4.78 is 26.9. The number of amides is 2. The maximum Gasteiger partial charge on any atom is 0.409 e. The first-order valence-electron chi connectivity index (χ1n) is 7.20. The number of nitrogens with zero attached hydrogens (tertiary/aromatic N) is 1. The Hall–Kier alpha value is -1.31. The Morgan fingerprint density at radius 3 is 2.43 bits per heavy atom. The Balaban J connectivity index is 2.23. The summed E-state index contributed by atoms with van der Waals surface area (Å²) >= 11 is 0. The van der Waals surface area contributed by atoms with Crippen LogP contribution in [0.1, 0.15) is 32.6 Å². The van der Waals surface area contributed by atoms with Gasteiger partial charge in [0.15, 0.2) is 0 Å². The van der Waals surface area contributed by atoms with Crippen molar-refractivity contribution in [1.82, 2.24) is 10.2 Å². The average Bonchev–Trinajstić information content (AvgIpc) is 2.38. The number of carbonyl (C=O) groups excluding carboxylic acids is 2. The predicted molar refractivity (Wildman–Crippen MR) is 78.7 cm³/mol. The van der Waals surface area contributed by atoms with Gasteiger partial charge >= 0.3 is 6.09 Å². The number of likely N-dealkylation sites (tertiary alicyclic amines) is 1. The van der Waals surface area contributed by atoms with Crippen molar-refractivity contribution in [3.05, 3.63) is 0 Å². The topological polar surface area (TPSA) is 92.8 Å². The molecule has 0 bridgehead atoms. The van der Waals surface area contributed by atoms with Crippen LogP contribution in [0.4, 0.5) is 4.79 Å². The molecule has 2 amide bonds. The van der Waals surface area contributed by atoms with E-state index in [1.165, 1.54) is 0 Å². The van der Waals surface area contributed by atoms with Gasteiger partial charge in [0.25, 0.3) is 0 Å². The highest BCUT2D eigenvalue weighted by atomic mass is 32.2. The molecule has 7 nitrogen and oxygen atoms in total. The van der Waals surface area contributed by atoms with E-state index in [-0.39, 0.29) is 30.2 Å². The lowest BCUT2D eigenvalue weighted by Gasteiger charge is -2.31. The molecule has 1 fully saturated rings. The van der Waals surface area contributed by atoms with Crippen molar-refractivity contribution < 1.29 is 22.7 Å². The van der Waals surface area contributed by atoms with Gasteiger partial charge in [-0.2, -0.15) is 0 Å². The van der Waals surface area contributed by atoms with Crippen LogP contribution >= 0.6 is 0 Å². The second-order valence-electron chi connectivity index (χ2n) is 5.26. The molecule has 0 aromatic carbocycles. The molecule has 0 aliphatic carbocycles. The van der Waals surface area contributed by atoms with Gasteiger partial charge in [-0.1, -0.05) is 0 Å². The van der Waals surface area contributed by atoms with E-state index in [0.29, 0.717) is 39.0 Å². The van der Waals surface area contributed by atoms with Crippen LogP contribution in [0, 0.1) is 0 Å². The van der Waals surface area contributed by atoms with Gasteiger partial charge in [-0.3, -0.25) is 4.79 Å². The SMILES string of the molecule is CCOC(=O)N1CCC(NC(=O)CCCS(C)(=O)=O)CC1. The first kappa shape index (κ1) is 17.7. The molecule has 1 heterocycles. The van der Waals surface area contributed by atoms with Gasteiger partial charge in [-0.15, -0.1) is 0 Å². The third-order valence-corrected chi connectivity index (χ3v) is 4.34. The fraction of sp³-hybridized carbons (Fsp3) is 0.846. The number of nitrogens with one attached hydrogen (secondary N) is 1. The molecule has 122 valence electrons. The zero-order chi connectivity index (χ0) is 15.9. The maximum atomic E-state index is 11.7. The van der Waals surface area contributed by atoms with Gasteiger partial charge in [-0.05, 0) is 26.2 Å². The lowest BCUT2D eigenvalue weighted by Crippen LogP contribution is -2.46.